The summed E-state index contributed by atoms with van der Waals surface area (Å²) in [5.74, 6) is 0.650. The van der Waals surface area contributed by atoms with Gasteiger partial charge >= 0.3 is 0 Å². The Kier molecular flexibility index (Phi) is 6.05. The van der Waals surface area contributed by atoms with Gasteiger partial charge in [-0.25, -0.2) is 13.1 Å². The fourth-order valence-corrected chi connectivity index (χ4v) is 4.81. The number of benzene rings is 1. The zero-order valence-corrected chi connectivity index (χ0v) is 16.7. The van der Waals surface area contributed by atoms with Crippen LogP contribution in [0.2, 0.25) is 0 Å². The lowest BCUT2D eigenvalue weighted by Gasteiger charge is -2.35. The molecule has 3 atom stereocenters. The van der Waals surface area contributed by atoms with Crippen molar-refractivity contribution < 1.29 is 22.7 Å². The standard InChI is InChI=1S/C18H27N3O5S/c1-20(2)18(22)9-16-11-21-10-13(8-14(21)12-26-16)19-27(23,24)17-6-4-15(25-3)5-7-17/h4-7,13-14,16,19H,8-12H2,1-3H3/t13-,14-,16-/m0/s1. The van der Waals surface area contributed by atoms with Crippen molar-refractivity contribution in [2.45, 2.75) is 35.9 Å². The number of carbonyl (C=O) groups is 1. The van der Waals surface area contributed by atoms with Crippen LogP contribution in [-0.4, -0.2) is 83.2 Å². The van der Waals surface area contributed by atoms with E-state index < -0.39 is 10.0 Å². The number of ether oxygens (including phenoxy) is 2. The molecule has 1 N–H and O–H groups in total. The monoisotopic (exact) mass is 397 g/mol. The highest BCUT2D eigenvalue weighted by atomic mass is 32.2. The summed E-state index contributed by atoms with van der Waals surface area (Å²) >= 11 is 0. The molecular formula is C18H27N3O5S. The number of sulfonamides is 1. The van der Waals surface area contributed by atoms with Gasteiger partial charge in [0.15, 0.2) is 0 Å². The molecule has 3 rings (SSSR count). The van der Waals surface area contributed by atoms with Crippen molar-refractivity contribution in [1.29, 1.82) is 0 Å². The van der Waals surface area contributed by atoms with Crippen molar-refractivity contribution in [3.8, 4) is 5.75 Å². The molecule has 0 radical (unpaired) electrons. The summed E-state index contributed by atoms with van der Waals surface area (Å²) in [5.41, 5.74) is 0. The van der Waals surface area contributed by atoms with Gasteiger partial charge in [-0.15, -0.1) is 0 Å². The second kappa shape index (κ2) is 8.14. The van der Waals surface area contributed by atoms with Gasteiger partial charge in [0, 0.05) is 39.3 Å². The molecule has 0 unspecified atom stereocenters. The Bertz CT molecular complexity index is 766. The van der Waals surface area contributed by atoms with Crippen molar-refractivity contribution in [3.05, 3.63) is 24.3 Å². The lowest BCUT2D eigenvalue weighted by molar-refractivity contribution is -0.134. The minimum atomic E-state index is -3.59. The van der Waals surface area contributed by atoms with Crippen LogP contribution in [0, 0.1) is 0 Å². The molecule has 0 spiro atoms. The van der Waals surface area contributed by atoms with E-state index in [4.69, 9.17) is 9.47 Å². The molecule has 1 amide bonds. The number of amides is 1. The predicted octanol–water partition coefficient (Wildman–Crippen LogP) is 0.294. The van der Waals surface area contributed by atoms with Gasteiger partial charge in [0.1, 0.15) is 5.75 Å². The van der Waals surface area contributed by atoms with Crippen LogP contribution in [0.4, 0.5) is 0 Å². The quantitative estimate of drug-likeness (QED) is 0.743. The number of nitrogens with one attached hydrogen (secondary N) is 1. The number of rotatable bonds is 6. The number of hydrogen-bond acceptors (Lipinski definition) is 6. The van der Waals surface area contributed by atoms with Crippen LogP contribution in [-0.2, 0) is 19.6 Å². The molecule has 2 aliphatic heterocycles. The number of morpholine rings is 1. The Hall–Kier alpha value is -1.68. The molecular weight excluding hydrogens is 370 g/mol. The molecule has 9 heteroatoms. The van der Waals surface area contributed by atoms with E-state index in [2.05, 4.69) is 9.62 Å². The summed E-state index contributed by atoms with van der Waals surface area (Å²) in [6.07, 6.45) is 0.899. The summed E-state index contributed by atoms with van der Waals surface area (Å²) < 4.78 is 38.9. The van der Waals surface area contributed by atoms with Gasteiger partial charge in [-0.1, -0.05) is 0 Å². The summed E-state index contributed by atoms with van der Waals surface area (Å²) in [7, 11) is 1.41. The molecule has 150 valence electrons. The number of fused-ring (bicyclic) bond motifs is 1. The summed E-state index contributed by atoms with van der Waals surface area (Å²) in [6, 6.07) is 6.35. The van der Waals surface area contributed by atoms with Crippen molar-refractivity contribution in [3.63, 3.8) is 0 Å². The maximum absolute atomic E-state index is 12.6. The van der Waals surface area contributed by atoms with Crippen LogP contribution in [0.5, 0.6) is 5.75 Å². The van der Waals surface area contributed by atoms with Crippen molar-refractivity contribution >= 4 is 15.9 Å². The second-order valence-corrected chi connectivity index (χ2v) is 9.00. The molecule has 2 fully saturated rings. The van der Waals surface area contributed by atoms with Crippen LogP contribution >= 0.6 is 0 Å². The van der Waals surface area contributed by atoms with E-state index in [0.717, 1.165) is 0 Å². The van der Waals surface area contributed by atoms with Crippen LogP contribution < -0.4 is 9.46 Å². The van der Waals surface area contributed by atoms with Gasteiger partial charge < -0.3 is 14.4 Å². The number of methoxy groups -OCH3 is 1. The molecule has 2 heterocycles. The first-order valence-electron chi connectivity index (χ1n) is 9.00. The van der Waals surface area contributed by atoms with Gasteiger partial charge in [0.2, 0.25) is 15.9 Å². The van der Waals surface area contributed by atoms with Crippen LogP contribution in [0.25, 0.3) is 0 Å². The minimum absolute atomic E-state index is 0.0365. The van der Waals surface area contributed by atoms with Crippen LogP contribution in [0.15, 0.2) is 29.2 Å². The minimum Gasteiger partial charge on any atom is -0.497 e. The normalized spacial score (nSPS) is 25.8. The molecule has 0 bridgehead atoms. The Balaban J connectivity index is 1.58. The first-order valence-corrected chi connectivity index (χ1v) is 10.5. The van der Waals surface area contributed by atoms with Gasteiger partial charge in [0.05, 0.1) is 31.1 Å². The zero-order valence-electron chi connectivity index (χ0n) is 15.9. The van der Waals surface area contributed by atoms with Crippen molar-refractivity contribution in [1.82, 2.24) is 14.5 Å². The maximum Gasteiger partial charge on any atom is 0.240 e. The van der Waals surface area contributed by atoms with Crippen molar-refractivity contribution in [2.75, 3.05) is 40.9 Å². The highest BCUT2D eigenvalue weighted by Gasteiger charge is 2.39. The zero-order chi connectivity index (χ0) is 19.6. The third-order valence-electron chi connectivity index (χ3n) is 5.08. The van der Waals surface area contributed by atoms with Crippen LogP contribution in [0.3, 0.4) is 0 Å². The number of carbonyl (C=O) groups excluding carboxylic acids is 1. The Morgan fingerprint density at radius 2 is 2.00 bits per heavy atom. The Morgan fingerprint density at radius 1 is 1.30 bits per heavy atom. The topological polar surface area (TPSA) is 88.2 Å². The Morgan fingerprint density at radius 3 is 2.63 bits per heavy atom. The molecule has 8 nitrogen and oxygen atoms in total. The van der Waals surface area contributed by atoms with Gasteiger partial charge in [-0.2, -0.15) is 0 Å². The number of nitrogens with zero attached hydrogens (tertiary/aromatic N) is 2. The molecule has 1 aromatic rings. The van der Waals surface area contributed by atoms with E-state index in [-0.39, 0.29) is 29.0 Å². The SMILES string of the molecule is COc1ccc(S(=O)(=O)N[C@H]2C[C@H]3CO[C@@H](CC(=O)N(C)C)CN3C2)cc1. The van der Waals surface area contributed by atoms with Crippen molar-refractivity contribution in [2.24, 2.45) is 0 Å². The molecule has 0 aromatic heterocycles. The van der Waals surface area contributed by atoms with E-state index in [9.17, 15) is 13.2 Å². The molecule has 0 saturated carbocycles. The third-order valence-corrected chi connectivity index (χ3v) is 6.62. The van der Waals surface area contributed by atoms with E-state index >= 15 is 0 Å². The van der Waals surface area contributed by atoms with E-state index in [1.54, 1.807) is 31.1 Å². The third kappa shape index (κ3) is 4.78. The van der Waals surface area contributed by atoms with E-state index in [0.29, 0.717) is 38.3 Å². The van der Waals surface area contributed by atoms with Gasteiger partial charge in [0.25, 0.3) is 0 Å². The average molecular weight is 397 g/mol. The fourth-order valence-electron chi connectivity index (χ4n) is 3.57. The van der Waals surface area contributed by atoms with E-state index in [1.807, 2.05) is 0 Å². The largest absolute Gasteiger partial charge is 0.497 e. The first kappa shape index (κ1) is 20.1. The van der Waals surface area contributed by atoms with Gasteiger partial charge in [-0.3, -0.25) is 9.69 Å². The summed E-state index contributed by atoms with van der Waals surface area (Å²) in [5, 5.41) is 0. The average Bonchev–Trinajstić information content (AvgIpc) is 3.02. The maximum atomic E-state index is 12.6. The lowest BCUT2D eigenvalue weighted by Crippen LogP contribution is -2.47. The molecule has 1 aromatic carbocycles. The second-order valence-electron chi connectivity index (χ2n) is 7.28. The van der Waals surface area contributed by atoms with Gasteiger partial charge in [-0.05, 0) is 30.7 Å². The molecule has 2 saturated heterocycles. The highest BCUT2D eigenvalue weighted by molar-refractivity contribution is 7.89. The van der Waals surface area contributed by atoms with Crippen LogP contribution in [0.1, 0.15) is 12.8 Å². The number of hydrogen-bond donors (Lipinski definition) is 1. The first-order chi connectivity index (χ1) is 12.8. The summed E-state index contributed by atoms with van der Waals surface area (Å²) in [6.45, 7) is 1.78. The fraction of sp³-hybridized carbons (Fsp3) is 0.611. The molecule has 2 aliphatic rings. The van der Waals surface area contributed by atoms with E-state index in [1.165, 1.54) is 19.2 Å². The smallest absolute Gasteiger partial charge is 0.240 e. The lowest BCUT2D eigenvalue weighted by atomic mass is 10.1. The molecule has 27 heavy (non-hydrogen) atoms. The Labute approximate surface area is 160 Å². The molecule has 0 aliphatic carbocycles. The highest BCUT2D eigenvalue weighted by Crippen LogP contribution is 2.26. The predicted molar refractivity (Wildman–Crippen MR) is 100 cm³/mol. The summed E-state index contributed by atoms with van der Waals surface area (Å²) in [4.78, 5) is 15.9.